The van der Waals surface area contributed by atoms with Crippen LogP contribution in [0.4, 0.5) is 0 Å². The number of hydrogen-bond donors (Lipinski definition) is 2. The van der Waals surface area contributed by atoms with Crippen molar-refractivity contribution in [3.63, 3.8) is 0 Å². The van der Waals surface area contributed by atoms with Crippen molar-refractivity contribution in [3.8, 4) is 0 Å². The molecule has 0 aliphatic heterocycles. The topological polar surface area (TPSA) is 46.2 Å². The third-order valence-electron chi connectivity index (χ3n) is 4.40. The summed E-state index contributed by atoms with van der Waals surface area (Å²) < 4.78 is 0. The second-order valence-electron chi connectivity index (χ2n) is 5.63. The molecular formula is C19H17NO. The molecule has 3 N–H and O–H groups in total. The predicted octanol–water partition coefficient (Wildman–Crippen LogP) is 3.97. The number of aliphatic hydroxyl groups excluding tert-OH is 1. The van der Waals surface area contributed by atoms with Crippen LogP contribution < -0.4 is 5.73 Å². The molecule has 21 heavy (non-hydrogen) atoms. The lowest BCUT2D eigenvalue weighted by Gasteiger charge is -2.17. The number of benzene rings is 4. The van der Waals surface area contributed by atoms with Crippen LogP contribution >= 0.6 is 0 Å². The molecule has 4 aromatic rings. The van der Waals surface area contributed by atoms with Gasteiger partial charge in [-0.05, 0) is 44.3 Å². The first-order valence-corrected chi connectivity index (χ1v) is 7.32. The summed E-state index contributed by atoms with van der Waals surface area (Å²) >= 11 is 0. The van der Waals surface area contributed by atoms with E-state index in [9.17, 15) is 0 Å². The molecule has 0 fully saturated rings. The van der Waals surface area contributed by atoms with E-state index in [-0.39, 0.29) is 12.6 Å². The molecule has 0 radical (unpaired) electrons. The Labute approximate surface area is 123 Å². The van der Waals surface area contributed by atoms with Gasteiger partial charge >= 0.3 is 0 Å². The normalized spacial score (nSPS) is 13.4. The molecule has 0 amide bonds. The number of nitrogens with two attached hydrogens (primary N) is 1. The highest BCUT2D eigenvalue weighted by atomic mass is 16.3. The molecule has 0 saturated carbocycles. The number of aliphatic hydroxyl groups is 1. The predicted molar refractivity (Wildman–Crippen MR) is 88.8 cm³/mol. The van der Waals surface area contributed by atoms with Gasteiger partial charge in [-0.25, -0.2) is 0 Å². The zero-order valence-electron chi connectivity index (χ0n) is 11.7. The van der Waals surface area contributed by atoms with Gasteiger partial charge in [-0.1, -0.05) is 54.6 Å². The fraction of sp³-hybridized carbons (Fsp3) is 0.158. The van der Waals surface area contributed by atoms with Crippen LogP contribution in [0.15, 0.2) is 54.6 Å². The van der Waals surface area contributed by atoms with E-state index in [4.69, 9.17) is 10.8 Å². The molecular weight excluding hydrogens is 258 g/mol. The van der Waals surface area contributed by atoms with Gasteiger partial charge in [0.15, 0.2) is 0 Å². The van der Waals surface area contributed by atoms with Gasteiger partial charge < -0.3 is 10.8 Å². The summed E-state index contributed by atoms with van der Waals surface area (Å²) in [5.41, 5.74) is 7.36. The van der Waals surface area contributed by atoms with Crippen LogP contribution in [0.3, 0.4) is 0 Å². The van der Waals surface area contributed by atoms with Crippen LogP contribution in [0.1, 0.15) is 18.0 Å². The zero-order valence-corrected chi connectivity index (χ0v) is 11.7. The van der Waals surface area contributed by atoms with Gasteiger partial charge in [0.2, 0.25) is 0 Å². The maximum absolute atomic E-state index is 9.16. The Morgan fingerprint density at radius 1 is 0.810 bits per heavy atom. The first-order valence-electron chi connectivity index (χ1n) is 7.32. The highest BCUT2D eigenvalue weighted by molar-refractivity contribution is 6.23. The molecule has 0 heterocycles. The first kappa shape index (κ1) is 12.6. The van der Waals surface area contributed by atoms with Crippen molar-refractivity contribution in [2.75, 3.05) is 6.61 Å². The standard InChI is InChI=1S/C19H17NO/c20-17(10-11-21)15-8-6-14-5-4-12-2-1-3-13-7-9-16(15)19(14)18(12)13/h1-9,17,21H,10-11,20H2/t17-/m0/s1. The van der Waals surface area contributed by atoms with E-state index >= 15 is 0 Å². The quantitative estimate of drug-likeness (QED) is 0.556. The molecule has 104 valence electrons. The monoisotopic (exact) mass is 275 g/mol. The van der Waals surface area contributed by atoms with Gasteiger partial charge in [0.05, 0.1) is 0 Å². The minimum Gasteiger partial charge on any atom is -0.396 e. The lowest BCUT2D eigenvalue weighted by atomic mass is 9.89. The zero-order chi connectivity index (χ0) is 14.4. The largest absolute Gasteiger partial charge is 0.396 e. The smallest absolute Gasteiger partial charge is 0.0449 e. The van der Waals surface area contributed by atoms with E-state index < -0.39 is 0 Å². The fourth-order valence-electron chi connectivity index (χ4n) is 3.38. The van der Waals surface area contributed by atoms with E-state index in [1.807, 2.05) is 0 Å². The summed E-state index contributed by atoms with van der Waals surface area (Å²) in [4.78, 5) is 0. The molecule has 4 rings (SSSR count). The first-order chi connectivity index (χ1) is 10.3. The maximum Gasteiger partial charge on any atom is 0.0449 e. The molecule has 0 spiro atoms. The van der Waals surface area contributed by atoms with Crippen LogP contribution in [0.25, 0.3) is 32.3 Å². The van der Waals surface area contributed by atoms with Crippen LogP contribution in [0.5, 0.6) is 0 Å². The summed E-state index contributed by atoms with van der Waals surface area (Å²) in [5, 5.41) is 16.7. The van der Waals surface area contributed by atoms with Gasteiger partial charge in [0.1, 0.15) is 0 Å². The molecule has 2 heteroatoms. The Kier molecular flexibility index (Phi) is 2.81. The number of hydrogen-bond acceptors (Lipinski definition) is 2. The molecule has 0 aliphatic rings. The van der Waals surface area contributed by atoms with Gasteiger partial charge in [-0.2, -0.15) is 0 Å². The second kappa shape index (κ2) is 4.69. The van der Waals surface area contributed by atoms with E-state index in [1.54, 1.807) is 0 Å². The van der Waals surface area contributed by atoms with Crippen LogP contribution in [0, 0.1) is 0 Å². The van der Waals surface area contributed by atoms with Crippen LogP contribution in [-0.2, 0) is 0 Å². The SMILES string of the molecule is N[C@@H](CCO)c1ccc2ccc3cccc4ccc1c2c34. The average molecular weight is 275 g/mol. The average Bonchev–Trinajstić information content (AvgIpc) is 2.52. The fourth-order valence-corrected chi connectivity index (χ4v) is 3.38. The molecule has 1 atom stereocenters. The van der Waals surface area contributed by atoms with Crippen molar-refractivity contribution >= 4 is 32.3 Å². The van der Waals surface area contributed by atoms with Crippen molar-refractivity contribution in [1.82, 2.24) is 0 Å². The van der Waals surface area contributed by atoms with E-state index in [2.05, 4.69) is 54.6 Å². The van der Waals surface area contributed by atoms with E-state index in [0.717, 1.165) is 5.56 Å². The third kappa shape index (κ3) is 1.80. The molecule has 4 aromatic carbocycles. The Morgan fingerprint density at radius 2 is 1.43 bits per heavy atom. The molecule has 2 nitrogen and oxygen atoms in total. The Bertz CT molecular complexity index is 913. The molecule has 0 aromatic heterocycles. The van der Waals surface area contributed by atoms with Gasteiger partial charge in [0.25, 0.3) is 0 Å². The van der Waals surface area contributed by atoms with Gasteiger partial charge in [0, 0.05) is 12.6 Å². The van der Waals surface area contributed by atoms with E-state index in [0.29, 0.717) is 6.42 Å². The lowest BCUT2D eigenvalue weighted by molar-refractivity contribution is 0.277. The van der Waals surface area contributed by atoms with Crippen molar-refractivity contribution in [2.24, 2.45) is 5.73 Å². The summed E-state index contributed by atoms with van der Waals surface area (Å²) in [6.45, 7) is 0.114. The van der Waals surface area contributed by atoms with Crippen molar-refractivity contribution in [3.05, 3.63) is 60.2 Å². The Balaban J connectivity index is 2.15. The van der Waals surface area contributed by atoms with Crippen molar-refractivity contribution in [1.29, 1.82) is 0 Å². The van der Waals surface area contributed by atoms with Crippen molar-refractivity contribution < 1.29 is 5.11 Å². The van der Waals surface area contributed by atoms with Crippen LogP contribution in [-0.4, -0.2) is 11.7 Å². The summed E-state index contributed by atoms with van der Waals surface area (Å²) in [6, 6.07) is 19.2. The Morgan fingerprint density at radius 3 is 2.14 bits per heavy atom. The Hall–Kier alpha value is -2.16. The van der Waals surface area contributed by atoms with Crippen molar-refractivity contribution in [2.45, 2.75) is 12.5 Å². The third-order valence-corrected chi connectivity index (χ3v) is 4.40. The van der Waals surface area contributed by atoms with E-state index in [1.165, 1.54) is 32.3 Å². The minimum atomic E-state index is -0.125. The summed E-state index contributed by atoms with van der Waals surface area (Å²) in [5.74, 6) is 0. The minimum absolute atomic E-state index is 0.114. The molecule has 0 saturated heterocycles. The highest BCUT2D eigenvalue weighted by Crippen LogP contribution is 2.37. The highest BCUT2D eigenvalue weighted by Gasteiger charge is 2.14. The lowest BCUT2D eigenvalue weighted by Crippen LogP contribution is -2.12. The summed E-state index contributed by atoms with van der Waals surface area (Å²) in [7, 11) is 0. The van der Waals surface area contributed by atoms with Crippen LogP contribution in [0.2, 0.25) is 0 Å². The van der Waals surface area contributed by atoms with Gasteiger partial charge in [-0.15, -0.1) is 0 Å². The molecule has 0 unspecified atom stereocenters. The van der Waals surface area contributed by atoms with Gasteiger partial charge in [-0.3, -0.25) is 0 Å². The molecule has 0 bridgehead atoms. The summed E-state index contributed by atoms with van der Waals surface area (Å²) in [6.07, 6.45) is 0.587. The maximum atomic E-state index is 9.16. The second-order valence-corrected chi connectivity index (χ2v) is 5.63. The number of rotatable bonds is 3. The molecule has 0 aliphatic carbocycles.